The van der Waals surface area contributed by atoms with Gasteiger partial charge in [-0.15, -0.1) is 24.8 Å². The molecule has 3 unspecified atom stereocenters. The number of halogens is 4. The molecule has 20 heavy (non-hydrogen) atoms. The molecule has 0 amide bonds. The van der Waals surface area contributed by atoms with Gasteiger partial charge in [0.1, 0.15) is 23.7 Å². The van der Waals surface area contributed by atoms with Crippen LogP contribution in [0.3, 0.4) is 0 Å². The summed E-state index contributed by atoms with van der Waals surface area (Å²) in [6.07, 6.45) is -4.41. The topological polar surface area (TPSA) is 27.7 Å². The zero-order valence-corrected chi connectivity index (χ0v) is 11.4. The maximum absolute atomic E-state index is 12.0. The standard InChI is InChI=1S/C13H14ClF3O3/c1-2-18-12-10(14)7-11(12)19-8-3-5-9(6-4-8)20-13(15,16)17/h3-6,10-12H,2,7H2,1H3. The second kappa shape index (κ2) is 6.10. The Hall–Kier alpha value is -1.14. The van der Waals surface area contributed by atoms with E-state index in [9.17, 15) is 13.2 Å². The van der Waals surface area contributed by atoms with E-state index < -0.39 is 6.36 Å². The van der Waals surface area contributed by atoms with Crippen molar-refractivity contribution in [1.82, 2.24) is 0 Å². The Bertz CT molecular complexity index is 435. The Morgan fingerprint density at radius 3 is 2.30 bits per heavy atom. The third kappa shape index (κ3) is 3.93. The molecule has 3 atom stereocenters. The minimum absolute atomic E-state index is 0.0900. The summed E-state index contributed by atoms with van der Waals surface area (Å²) in [6, 6.07) is 5.25. The molecule has 0 N–H and O–H groups in total. The largest absolute Gasteiger partial charge is 0.573 e. The molecular formula is C13H14ClF3O3. The highest BCUT2D eigenvalue weighted by Gasteiger charge is 2.42. The normalized spacial score (nSPS) is 25.9. The van der Waals surface area contributed by atoms with E-state index in [0.717, 1.165) is 0 Å². The average Bonchev–Trinajstić information content (AvgIpc) is 2.36. The summed E-state index contributed by atoms with van der Waals surface area (Å²) in [5.41, 5.74) is 0. The van der Waals surface area contributed by atoms with Gasteiger partial charge in [-0.1, -0.05) is 0 Å². The molecule has 0 saturated heterocycles. The molecule has 0 spiro atoms. The van der Waals surface area contributed by atoms with Crippen LogP contribution in [0.1, 0.15) is 13.3 Å². The number of ether oxygens (including phenoxy) is 3. The van der Waals surface area contributed by atoms with Gasteiger partial charge in [-0.25, -0.2) is 0 Å². The fourth-order valence-electron chi connectivity index (χ4n) is 1.94. The fourth-order valence-corrected chi connectivity index (χ4v) is 2.35. The van der Waals surface area contributed by atoms with Crippen molar-refractivity contribution >= 4 is 11.6 Å². The summed E-state index contributed by atoms with van der Waals surface area (Å²) in [5.74, 6) is 0.174. The van der Waals surface area contributed by atoms with E-state index in [4.69, 9.17) is 21.1 Å². The first-order valence-electron chi connectivity index (χ1n) is 6.17. The van der Waals surface area contributed by atoms with Crippen molar-refractivity contribution in [3.05, 3.63) is 24.3 Å². The molecule has 1 aromatic carbocycles. The van der Waals surface area contributed by atoms with E-state index in [2.05, 4.69) is 4.74 Å². The van der Waals surface area contributed by atoms with Crippen molar-refractivity contribution in [2.45, 2.75) is 37.3 Å². The fraction of sp³-hybridized carbons (Fsp3) is 0.538. The number of benzene rings is 1. The molecule has 112 valence electrons. The lowest BCUT2D eigenvalue weighted by molar-refractivity contribution is -0.274. The van der Waals surface area contributed by atoms with Gasteiger partial charge in [0.05, 0.1) is 5.38 Å². The van der Waals surface area contributed by atoms with Gasteiger partial charge in [0.25, 0.3) is 0 Å². The van der Waals surface area contributed by atoms with Gasteiger partial charge in [-0.2, -0.15) is 0 Å². The van der Waals surface area contributed by atoms with Crippen molar-refractivity contribution < 1.29 is 27.4 Å². The van der Waals surface area contributed by atoms with Crippen LogP contribution >= 0.6 is 11.6 Å². The van der Waals surface area contributed by atoms with Crippen LogP contribution in [-0.4, -0.2) is 30.6 Å². The van der Waals surface area contributed by atoms with Gasteiger partial charge in [0.2, 0.25) is 0 Å². The van der Waals surface area contributed by atoms with Crippen LogP contribution in [-0.2, 0) is 4.74 Å². The van der Waals surface area contributed by atoms with Crippen LogP contribution in [0.15, 0.2) is 24.3 Å². The van der Waals surface area contributed by atoms with E-state index >= 15 is 0 Å². The molecule has 1 aliphatic rings. The van der Waals surface area contributed by atoms with Crippen molar-refractivity contribution in [2.75, 3.05) is 6.61 Å². The summed E-state index contributed by atoms with van der Waals surface area (Å²) in [6.45, 7) is 2.40. The smallest absolute Gasteiger partial charge is 0.488 e. The van der Waals surface area contributed by atoms with Gasteiger partial charge in [0.15, 0.2) is 0 Å². The van der Waals surface area contributed by atoms with E-state index in [1.807, 2.05) is 6.92 Å². The van der Waals surface area contributed by atoms with Crippen molar-refractivity contribution in [1.29, 1.82) is 0 Å². The Morgan fingerprint density at radius 2 is 1.80 bits per heavy atom. The molecule has 0 aliphatic heterocycles. The number of alkyl halides is 4. The Kier molecular flexibility index (Phi) is 4.65. The number of rotatable bonds is 5. The summed E-state index contributed by atoms with van der Waals surface area (Å²) in [4.78, 5) is 0. The highest BCUT2D eigenvalue weighted by Crippen LogP contribution is 2.33. The summed E-state index contributed by atoms with van der Waals surface area (Å²) in [5, 5.41) is -0.0900. The van der Waals surface area contributed by atoms with E-state index in [1.54, 1.807) is 0 Å². The van der Waals surface area contributed by atoms with Crippen LogP contribution in [0.5, 0.6) is 11.5 Å². The van der Waals surface area contributed by atoms with Crippen LogP contribution < -0.4 is 9.47 Å². The second-order valence-electron chi connectivity index (χ2n) is 4.35. The highest BCUT2D eigenvalue weighted by molar-refractivity contribution is 6.21. The van der Waals surface area contributed by atoms with Gasteiger partial charge >= 0.3 is 6.36 Å². The number of hydrogen-bond donors (Lipinski definition) is 0. The first kappa shape index (κ1) is 15.3. The van der Waals surface area contributed by atoms with Crippen molar-refractivity contribution in [3.8, 4) is 11.5 Å². The zero-order valence-electron chi connectivity index (χ0n) is 10.7. The highest BCUT2D eigenvalue weighted by atomic mass is 35.5. The van der Waals surface area contributed by atoms with Crippen LogP contribution in [0.2, 0.25) is 0 Å². The van der Waals surface area contributed by atoms with Crippen LogP contribution in [0, 0.1) is 0 Å². The predicted octanol–water partition coefficient (Wildman–Crippen LogP) is 3.75. The molecule has 0 aromatic heterocycles. The Balaban J connectivity index is 1.91. The molecule has 1 fully saturated rings. The summed E-state index contributed by atoms with van der Waals surface area (Å²) >= 11 is 6.00. The second-order valence-corrected chi connectivity index (χ2v) is 4.91. The predicted molar refractivity (Wildman–Crippen MR) is 67.2 cm³/mol. The molecule has 0 radical (unpaired) electrons. The third-order valence-corrected chi connectivity index (χ3v) is 3.31. The molecule has 7 heteroatoms. The molecule has 0 bridgehead atoms. The molecule has 1 aromatic rings. The lowest BCUT2D eigenvalue weighted by Crippen LogP contribution is -2.52. The number of hydrogen-bond acceptors (Lipinski definition) is 3. The molecule has 3 nitrogen and oxygen atoms in total. The molecule has 1 saturated carbocycles. The maximum atomic E-state index is 12.0. The first-order chi connectivity index (χ1) is 9.39. The van der Waals surface area contributed by atoms with E-state index in [-0.39, 0.29) is 23.3 Å². The minimum Gasteiger partial charge on any atom is -0.488 e. The zero-order chi connectivity index (χ0) is 14.8. The van der Waals surface area contributed by atoms with Crippen LogP contribution in [0.4, 0.5) is 13.2 Å². The van der Waals surface area contributed by atoms with Crippen molar-refractivity contribution in [2.24, 2.45) is 0 Å². The van der Waals surface area contributed by atoms with Gasteiger partial charge in [-0.3, -0.25) is 0 Å². The lowest BCUT2D eigenvalue weighted by Gasteiger charge is -2.40. The minimum atomic E-state index is -4.69. The molecule has 0 heterocycles. The van der Waals surface area contributed by atoms with E-state index in [0.29, 0.717) is 18.8 Å². The van der Waals surface area contributed by atoms with Gasteiger partial charge in [0, 0.05) is 13.0 Å². The Labute approximate surface area is 119 Å². The monoisotopic (exact) mass is 310 g/mol. The molecule has 2 rings (SSSR count). The average molecular weight is 311 g/mol. The van der Waals surface area contributed by atoms with Crippen LogP contribution in [0.25, 0.3) is 0 Å². The molecule has 1 aliphatic carbocycles. The van der Waals surface area contributed by atoms with E-state index in [1.165, 1.54) is 24.3 Å². The SMILES string of the molecule is CCOC1C(Cl)CC1Oc1ccc(OC(F)(F)F)cc1. The van der Waals surface area contributed by atoms with Gasteiger partial charge < -0.3 is 14.2 Å². The van der Waals surface area contributed by atoms with Gasteiger partial charge in [-0.05, 0) is 31.2 Å². The lowest BCUT2D eigenvalue weighted by atomic mass is 9.91. The van der Waals surface area contributed by atoms with Crippen molar-refractivity contribution in [3.63, 3.8) is 0 Å². The Morgan fingerprint density at radius 1 is 1.20 bits per heavy atom. The summed E-state index contributed by atoms with van der Waals surface area (Å²) < 4.78 is 50.9. The third-order valence-electron chi connectivity index (χ3n) is 2.88. The summed E-state index contributed by atoms with van der Waals surface area (Å²) in [7, 11) is 0. The quantitative estimate of drug-likeness (QED) is 0.775. The first-order valence-corrected chi connectivity index (χ1v) is 6.61. The molecular weight excluding hydrogens is 297 g/mol. The maximum Gasteiger partial charge on any atom is 0.573 e.